The Hall–Kier alpha value is -1.82. The normalized spacial score (nSPS) is 11.4. The van der Waals surface area contributed by atoms with Crippen LogP contribution in [-0.4, -0.2) is 17.0 Å². The van der Waals surface area contributed by atoms with Crippen LogP contribution < -0.4 is 0 Å². The first kappa shape index (κ1) is 14.6. The van der Waals surface area contributed by atoms with E-state index in [-0.39, 0.29) is 5.56 Å². The van der Waals surface area contributed by atoms with Crippen molar-refractivity contribution in [3.63, 3.8) is 0 Å². The smallest absolute Gasteiger partial charge is 0.288 e. The summed E-state index contributed by atoms with van der Waals surface area (Å²) in [7, 11) is 0. The number of carbonyl (C=O) groups is 1. The molecule has 6 heteroatoms. The van der Waals surface area contributed by atoms with Gasteiger partial charge >= 0.3 is 6.18 Å². The molecule has 0 fully saturated rings. The fourth-order valence-corrected chi connectivity index (χ4v) is 2.40. The van der Waals surface area contributed by atoms with Gasteiger partial charge in [-0.3, -0.25) is 9.78 Å². The van der Waals surface area contributed by atoms with E-state index in [0.29, 0.717) is 4.90 Å². The molecule has 20 heavy (non-hydrogen) atoms. The molecule has 104 valence electrons. The van der Waals surface area contributed by atoms with Crippen molar-refractivity contribution in [2.24, 2.45) is 0 Å². The van der Waals surface area contributed by atoms with Crippen molar-refractivity contribution >= 4 is 17.5 Å². The molecule has 0 amide bonds. The van der Waals surface area contributed by atoms with Gasteiger partial charge in [0.1, 0.15) is 0 Å². The molecule has 2 rings (SSSR count). The van der Waals surface area contributed by atoms with Gasteiger partial charge < -0.3 is 0 Å². The number of ketones is 1. The molecule has 1 aromatic carbocycles. The molecule has 0 saturated carbocycles. The van der Waals surface area contributed by atoms with Crippen molar-refractivity contribution in [1.82, 2.24) is 4.98 Å². The standard InChI is InChI=1S/C14H10F3NOS/c1-20-12-5-3-2-4-9(12)13(19)10-8-18-7-6-11(10)14(15,16)17/h2-8H,1H3. The van der Waals surface area contributed by atoms with Crippen LogP contribution in [0.15, 0.2) is 47.6 Å². The van der Waals surface area contributed by atoms with Crippen molar-refractivity contribution in [3.8, 4) is 0 Å². The Labute approximate surface area is 118 Å². The third-order valence-corrected chi connectivity index (χ3v) is 3.52. The molecule has 0 aliphatic heterocycles. The van der Waals surface area contributed by atoms with Gasteiger partial charge in [-0.15, -0.1) is 11.8 Å². The molecule has 0 spiro atoms. The molecular weight excluding hydrogens is 287 g/mol. The Kier molecular flexibility index (Phi) is 4.13. The second-order valence-electron chi connectivity index (χ2n) is 3.95. The lowest BCUT2D eigenvalue weighted by Crippen LogP contribution is -2.14. The van der Waals surface area contributed by atoms with Crippen molar-refractivity contribution in [3.05, 3.63) is 59.4 Å². The zero-order chi connectivity index (χ0) is 14.8. The highest BCUT2D eigenvalue weighted by Crippen LogP contribution is 2.33. The van der Waals surface area contributed by atoms with E-state index in [0.717, 1.165) is 18.5 Å². The molecule has 0 aliphatic rings. The largest absolute Gasteiger partial charge is 0.417 e. The first-order chi connectivity index (χ1) is 9.45. The zero-order valence-corrected chi connectivity index (χ0v) is 11.3. The Balaban J connectivity index is 2.55. The number of rotatable bonds is 3. The maximum Gasteiger partial charge on any atom is 0.417 e. The lowest BCUT2D eigenvalue weighted by molar-refractivity contribution is -0.137. The monoisotopic (exact) mass is 297 g/mol. The molecule has 0 unspecified atom stereocenters. The minimum Gasteiger partial charge on any atom is -0.288 e. The molecule has 0 atom stereocenters. The maximum atomic E-state index is 12.9. The molecule has 0 aliphatic carbocycles. The number of pyridine rings is 1. The number of nitrogens with zero attached hydrogens (tertiary/aromatic N) is 1. The van der Waals surface area contributed by atoms with E-state index in [1.165, 1.54) is 17.8 Å². The molecule has 2 nitrogen and oxygen atoms in total. The molecule has 0 radical (unpaired) electrons. The van der Waals surface area contributed by atoms with Gasteiger partial charge in [0.15, 0.2) is 5.78 Å². The summed E-state index contributed by atoms with van der Waals surface area (Å²) in [6.07, 6.45) is -0.829. The van der Waals surface area contributed by atoms with Crippen molar-refractivity contribution in [2.45, 2.75) is 11.1 Å². The highest BCUT2D eigenvalue weighted by atomic mass is 32.2. The minimum atomic E-state index is -4.58. The predicted octanol–water partition coefficient (Wildman–Crippen LogP) is 4.05. The number of alkyl halides is 3. The van der Waals surface area contributed by atoms with E-state index in [4.69, 9.17) is 0 Å². The third kappa shape index (κ3) is 2.85. The molecule has 0 bridgehead atoms. The van der Waals surface area contributed by atoms with Crippen LogP contribution in [0.4, 0.5) is 13.2 Å². The van der Waals surface area contributed by atoms with Gasteiger partial charge in [-0.1, -0.05) is 12.1 Å². The van der Waals surface area contributed by atoms with E-state index in [2.05, 4.69) is 4.98 Å². The van der Waals surface area contributed by atoms with Gasteiger partial charge in [0.05, 0.1) is 11.1 Å². The summed E-state index contributed by atoms with van der Waals surface area (Å²) in [6, 6.07) is 7.38. The summed E-state index contributed by atoms with van der Waals surface area (Å²) in [5.41, 5.74) is -1.14. The van der Waals surface area contributed by atoms with Gasteiger partial charge in [0.2, 0.25) is 0 Å². The fraction of sp³-hybridized carbons (Fsp3) is 0.143. The highest BCUT2D eigenvalue weighted by Gasteiger charge is 2.35. The van der Waals surface area contributed by atoms with Crippen LogP contribution >= 0.6 is 11.8 Å². The van der Waals surface area contributed by atoms with E-state index in [1.54, 1.807) is 24.5 Å². The Bertz CT molecular complexity index is 640. The summed E-state index contributed by atoms with van der Waals surface area (Å²) in [5.74, 6) is -0.671. The summed E-state index contributed by atoms with van der Waals surface area (Å²) < 4.78 is 38.8. The SMILES string of the molecule is CSc1ccccc1C(=O)c1cnccc1C(F)(F)F. The Morgan fingerprint density at radius 1 is 1.15 bits per heavy atom. The van der Waals surface area contributed by atoms with Crippen molar-refractivity contribution in [2.75, 3.05) is 6.26 Å². The van der Waals surface area contributed by atoms with Gasteiger partial charge in [-0.05, 0) is 24.5 Å². The lowest BCUT2D eigenvalue weighted by atomic mass is 10.00. The average molecular weight is 297 g/mol. The van der Waals surface area contributed by atoms with Crippen molar-refractivity contribution < 1.29 is 18.0 Å². The molecule has 1 heterocycles. The summed E-state index contributed by atoms with van der Waals surface area (Å²) in [5, 5.41) is 0. The van der Waals surface area contributed by atoms with Crippen LogP contribution in [0.2, 0.25) is 0 Å². The second-order valence-corrected chi connectivity index (χ2v) is 4.80. The molecular formula is C14H10F3NOS. The van der Waals surface area contributed by atoms with E-state index >= 15 is 0 Å². The van der Waals surface area contributed by atoms with Gasteiger partial charge in [0.25, 0.3) is 0 Å². The van der Waals surface area contributed by atoms with Crippen LogP contribution in [0.25, 0.3) is 0 Å². The average Bonchev–Trinajstić information content (AvgIpc) is 2.45. The van der Waals surface area contributed by atoms with Crippen LogP contribution in [0.1, 0.15) is 21.5 Å². The number of benzene rings is 1. The molecule has 0 saturated heterocycles. The Morgan fingerprint density at radius 2 is 1.85 bits per heavy atom. The fourth-order valence-electron chi connectivity index (χ4n) is 1.80. The first-order valence-corrected chi connectivity index (χ1v) is 6.86. The minimum absolute atomic E-state index is 0.249. The molecule has 2 aromatic rings. The Morgan fingerprint density at radius 3 is 2.50 bits per heavy atom. The van der Waals surface area contributed by atoms with Crippen LogP contribution in [-0.2, 0) is 6.18 Å². The summed E-state index contributed by atoms with van der Waals surface area (Å²) >= 11 is 1.31. The van der Waals surface area contributed by atoms with E-state index in [9.17, 15) is 18.0 Å². The highest BCUT2D eigenvalue weighted by molar-refractivity contribution is 7.98. The summed E-state index contributed by atoms with van der Waals surface area (Å²) in [6.45, 7) is 0. The van der Waals surface area contributed by atoms with Crippen LogP contribution in [0, 0.1) is 0 Å². The van der Waals surface area contributed by atoms with Crippen LogP contribution in [0.5, 0.6) is 0 Å². The molecule has 1 aromatic heterocycles. The number of carbonyl (C=O) groups excluding carboxylic acids is 1. The van der Waals surface area contributed by atoms with Gasteiger partial charge in [0, 0.05) is 22.9 Å². The predicted molar refractivity (Wildman–Crippen MR) is 70.9 cm³/mol. The topological polar surface area (TPSA) is 30.0 Å². The number of hydrogen-bond acceptors (Lipinski definition) is 3. The van der Waals surface area contributed by atoms with Crippen LogP contribution in [0.3, 0.4) is 0 Å². The van der Waals surface area contributed by atoms with Crippen molar-refractivity contribution in [1.29, 1.82) is 0 Å². The second kappa shape index (κ2) is 5.66. The lowest BCUT2D eigenvalue weighted by Gasteiger charge is -2.12. The summed E-state index contributed by atoms with van der Waals surface area (Å²) in [4.78, 5) is 16.6. The maximum absolute atomic E-state index is 12.9. The van der Waals surface area contributed by atoms with E-state index < -0.39 is 23.1 Å². The zero-order valence-electron chi connectivity index (χ0n) is 10.4. The van der Waals surface area contributed by atoms with Gasteiger partial charge in [-0.2, -0.15) is 13.2 Å². The third-order valence-electron chi connectivity index (χ3n) is 2.72. The van der Waals surface area contributed by atoms with Gasteiger partial charge in [-0.25, -0.2) is 0 Å². The first-order valence-electron chi connectivity index (χ1n) is 5.64. The number of halogens is 3. The number of aromatic nitrogens is 1. The molecule has 0 N–H and O–H groups in total. The number of thioether (sulfide) groups is 1. The van der Waals surface area contributed by atoms with E-state index in [1.807, 2.05) is 0 Å². The quantitative estimate of drug-likeness (QED) is 0.632. The number of hydrogen-bond donors (Lipinski definition) is 0.